The van der Waals surface area contributed by atoms with Crippen LogP contribution < -0.4 is 9.62 Å². The molecule has 190 valence electrons. The normalized spacial score (nSPS) is 12.1. The zero-order valence-electron chi connectivity index (χ0n) is 20.8. The summed E-state index contributed by atoms with van der Waals surface area (Å²) in [4.78, 5) is 13.5. The minimum absolute atomic E-state index is 0.0398. The van der Waals surface area contributed by atoms with Crippen LogP contribution in [0.1, 0.15) is 39.9 Å². The third-order valence-corrected chi connectivity index (χ3v) is 8.23. The Kier molecular flexibility index (Phi) is 8.31. The van der Waals surface area contributed by atoms with Crippen LogP contribution in [0.5, 0.6) is 0 Å². The highest BCUT2D eigenvalue weighted by Crippen LogP contribution is 2.30. The summed E-state index contributed by atoms with van der Waals surface area (Å²) in [6, 6.07) is 30.4. The van der Waals surface area contributed by atoms with Crippen LogP contribution >= 0.6 is 11.6 Å². The monoisotopic (exact) mass is 532 g/mol. The van der Waals surface area contributed by atoms with Crippen molar-refractivity contribution in [2.75, 3.05) is 10.8 Å². The first-order valence-corrected chi connectivity index (χ1v) is 13.8. The number of hydrogen-bond donors (Lipinski definition) is 1. The van der Waals surface area contributed by atoms with Crippen molar-refractivity contribution in [3.05, 3.63) is 130 Å². The molecule has 7 heteroatoms. The minimum atomic E-state index is -3.99. The lowest BCUT2D eigenvalue weighted by Gasteiger charge is -2.27. The molecule has 4 rings (SSSR count). The van der Waals surface area contributed by atoms with Gasteiger partial charge in [-0.2, -0.15) is 0 Å². The molecule has 0 bridgehead atoms. The summed E-state index contributed by atoms with van der Waals surface area (Å²) in [6.45, 7) is 4.39. The molecule has 1 unspecified atom stereocenters. The second-order valence-electron chi connectivity index (χ2n) is 8.99. The van der Waals surface area contributed by atoms with E-state index in [2.05, 4.69) is 5.32 Å². The van der Waals surface area contributed by atoms with Crippen LogP contribution in [-0.4, -0.2) is 20.9 Å². The molecule has 0 aliphatic heterocycles. The van der Waals surface area contributed by atoms with Crippen molar-refractivity contribution < 1.29 is 13.2 Å². The van der Waals surface area contributed by atoms with Crippen molar-refractivity contribution in [1.82, 2.24) is 5.32 Å². The summed E-state index contributed by atoms with van der Waals surface area (Å²) < 4.78 is 29.1. The summed E-state index contributed by atoms with van der Waals surface area (Å²) >= 11 is 6.05. The molecule has 5 nitrogen and oxygen atoms in total. The molecule has 1 N–H and O–H groups in total. The number of halogens is 1. The highest BCUT2D eigenvalue weighted by Gasteiger charge is 2.28. The van der Waals surface area contributed by atoms with E-state index in [1.54, 1.807) is 72.8 Å². The van der Waals surface area contributed by atoms with Gasteiger partial charge in [-0.15, -0.1) is 0 Å². The van der Waals surface area contributed by atoms with Gasteiger partial charge in [-0.25, -0.2) is 8.42 Å². The summed E-state index contributed by atoms with van der Waals surface area (Å²) in [5.74, 6) is -0.239. The number of sulfonamides is 1. The van der Waals surface area contributed by atoms with Crippen LogP contribution in [0.2, 0.25) is 5.02 Å². The largest absolute Gasteiger partial charge is 0.351 e. The highest BCUT2D eigenvalue weighted by molar-refractivity contribution is 7.92. The van der Waals surface area contributed by atoms with Crippen LogP contribution in [0, 0.1) is 6.92 Å². The van der Waals surface area contributed by atoms with Crippen molar-refractivity contribution in [1.29, 1.82) is 0 Å². The van der Waals surface area contributed by atoms with Crippen molar-refractivity contribution >= 4 is 33.2 Å². The Labute approximate surface area is 223 Å². The first kappa shape index (κ1) is 26.5. The van der Waals surface area contributed by atoms with E-state index in [9.17, 15) is 13.2 Å². The molecule has 0 heterocycles. The smallest absolute Gasteiger partial charge is 0.264 e. The molecule has 0 spiro atoms. The molecule has 0 aliphatic rings. The lowest BCUT2D eigenvalue weighted by molar-refractivity contribution is 0.0952. The molecule has 4 aromatic carbocycles. The molecule has 0 aliphatic carbocycles. The fourth-order valence-corrected chi connectivity index (χ4v) is 5.61. The highest BCUT2D eigenvalue weighted by atomic mass is 35.5. The third-order valence-electron chi connectivity index (χ3n) is 6.20. The SMILES string of the molecule is Cc1ccc(S(=O)(=O)N(Cc2ccc(Cl)cc2)c2ccccc2C(=O)NCC(C)c2ccccc2)cc1. The Bertz CT molecular complexity index is 1460. The standard InChI is InChI=1S/C30H29ClN2O3S/c1-22-12-18-27(19-13-22)37(35,36)33(21-24-14-16-26(31)17-15-24)29-11-7-6-10-28(29)30(34)32-20-23(2)25-8-4-3-5-9-25/h3-19,23H,20-21H2,1-2H3,(H,32,34). The number of nitrogens with zero attached hydrogens (tertiary/aromatic N) is 1. The maximum Gasteiger partial charge on any atom is 0.264 e. The average Bonchev–Trinajstić information content (AvgIpc) is 2.92. The van der Waals surface area contributed by atoms with Crippen LogP contribution in [-0.2, 0) is 16.6 Å². The second-order valence-corrected chi connectivity index (χ2v) is 11.3. The Morgan fingerprint density at radius 1 is 0.865 bits per heavy atom. The number of hydrogen-bond acceptors (Lipinski definition) is 3. The molecule has 37 heavy (non-hydrogen) atoms. The molecule has 1 atom stereocenters. The molecule has 0 fully saturated rings. The van der Waals surface area contributed by atoms with Crippen LogP contribution in [0.15, 0.2) is 108 Å². The predicted octanol–water partition coefficient (Wildman–Crippen LogP) is 6.58. The minimum Gasteiger partial charge on any atom is -0.351 e. The maximum atomic E-state index is 13.9. The maximum absolute atomic E-state index is 13.9. The van der Waals surface area contributed by atoms with Gasteiger partial charge < -0.3 is 5.32 Å². The zero-order valence-corrected chi connectivity index (χ0v) is 22.3. The van der Waals surface area contributed by atoms with Gasteiger partial charge in [-0.05, 0) is 60.4 Å². The Balaban J connectivity index is 1.69. The van der Waals surface area contributed by atoms with Gasteiger partial charge in [0.25, 0.3) is 15.9 Å². The van der Waals surface area contributed by atoms with Crippen molar-refractivity contribution in [2.24, 2.45) is 0 Å². The molecule has 0 saturated carbocycles. The van der Waals surface area contributed by atoms with Gasteiger partial charge in [0.15, 0.2) is 0 Å². The quantitative estimate of drug-likeness (QED) is 0.265. The summed E-state index contributed by atoms with van der Waals surface area (Å²) in [5, 5.41) is 3.54. The number of rotatable bonds is 9. The number of carbonyl (C=O) groups excluding carboxylic acids is 1. The van der Waals surface area contributed by atoms with Gasteiger partial charge in [0.2, 0.25) is 0 Å². The van der Waals surface area contributed by atoms with Crippen molar-refractivity contribution in [2.45, 2.75) is 31.2 Å². The van der Waals surface area contributed by atoms with Crippen LogP contribution in [0.25, 0.3) is 0 Å². The van der Waals surface area contributed by atoms with Gasteiger partial charge in [0.1, 0.15) is 0 Å². The van der Waals surface area contributed by atoms with Gasteiger partial charge in [-0.1, -0.05) is 90.8 Å². The predicted molar refractivity (Wildman–Crippen MR) is 150 cm³/mol. The second kappa shape index (κ2) is 11.6. The van der Waals surface area contributed by atoms with Gasteiger partial charge >= 0.3 is 0 Å². The fraction of sp³-hybridized carbons (Fsp3) is 0.167. The lowest BCUT2D eigenvalue weighted by atomic mass is 10.0. The van der Waals surface area contributed by atoms with E-state index in [0.717, 1.165) is 16.7 Å². The van der Waals surface area contributed by atoms with Crippen molar-refractivity contribution in [3.63, 3.8) is 0 Å². The van der Waals surface area contributed by atoms with E-state index in [4.69, 9.17) is 11.6 Å². The van der Waals surface area contributed by atoms with E-state index in [1.807, 2.05) is 44.2 Å². The molecule has 0 saturated heterocycles. The number of carbonyl (C=O) groups is 1. The summed E-state index contributed by atoms with van der Waals surface area (Å²) in [7, 11) is -3.99. The van der Waals surface area contributed by atoms with E-state index < -0.39 is 10.0 Å². The van der Waals surface area contributed by atoms with E-state index >= 15 is 0 Å². The molecule has 1 amide bonds. The van der Waals surface area contributed by atoms with Crippen LogP contribution in [0.4, 0.5) is 5.69 Å². The Morgan fingerprint density at radius 2 is 1.49 bits per heavy atom. The number of para-hydroxylation sites is 1. The Hall–Kier alpha value is -3.61. The summed E-state index contributed by atoms with van der Waals surface area (Å²) in [6.07, 6.45) is 0. The number of amides is 1. The lowest BCUT2D eigenvalue weighted by Crippen LogP contribution is -2.34. The number of aryl methyl sites for hydroxylation is 1. The molecule has 0 radical (unpaired) electrons. The molecule has 4 aromatic rings. The third kappa shape index (κ3) is 6.40. The Morgan fingerprint density at radius 3 is 2.16 bits per heavy atom. The first-order chi connectivity index (χ1) is 17.8. The van der Waals surface area contributed by atoms with E-state index in [1.165, 1.54) is 4.31 Å². The van der Waals surface area contributed by atoms with Gasteiger partial charge in [0, 0.05) is 11.6 Å². The number of benzene rings is 4. The molecular formula is C30H29ClN2O3S. The number of anilines is 1. The van der Waals surface area contributed by atoms with E-state index in [-0.39, 0.29) is 28.8 Å². The van der Waals surface area contributed by atoms with Gasteiger partial charge in [-0.3, -0.25) is 9.10 Å². The van der Waals surface area contributed by atoms with E-state index in [0.29, 0.717) is 17.3 Å². The van der Waals surface area contributed by atoms with Crippen LogP contribution in [0.3, 0.4) is 0 Å². The first-order valence-electron chi connectivity index (χ1n) is 12.0. The topological polar surface area (TPSA) is 66.5 Å². The zero-order chi connectivity index (χ0) is 26.4. The fourth-order valence-electron chi connectivity index (χ4n) is 4.02. The molecular weight excluding hydrogens is 504 g/mol. The molecule has 0 aromatic heterocycles. The summed E-state index contributed by atoms with van der Waals surface area (Å²) in [5.41, 5.74) is 3.40. The van der Waals surface area contributed by atoms with Crippen molar-refractivity contribution in [3.8, 4) is 0 Å². The van der Waals surface area contributed by atoms with Gasteiger partial charge in [0.05, 0.1) is 22.7 Å². The average molecular weight is 533 g/mol. The number of nitrogens with one attached hydrogen (secondary N) is 1.